The lowest BCUT2D eigenvalue weighted by Gasteiger charge is -2.12. The fourth-order valence-corrected chi connectivity index (χ4v) is 3.87. The van der Waals surface area contributed by atoms with Crippen LogP contribution in [0.2, 0.25) is 5.02 Å². The van der Waals surface area contributed by atoms with Crippen molar-refractivity contribution in [3.63, 3.8) is 0 Å². The number of hydrogen-bond donors (Lipinski definition) is 2. The number of nitrogens with one attached hydrogen (secondary N) is 2. The van der Waals surface area contributed by atoms with E-state index in [0.717, 1.165) is 16.9 Å². The molecule has 7 nitrogen and oxygen atoms in total. The monoisotopic (exact) mass is 473 g/mol. The number of rotatable bonds is 7. The number of fused-ring (bicyclic) bond motifs is 1. The molecule has 2 aromatic rings. The Morgan fingerprint density at radius 3 is 2.78 bits per heavy atom. The van der Waals surface area contributed by atoms with Gasteiger partial charge in [-0.1, -0.05) is 35.5 Å². The van der Waals surface area contributed by atoms with E-state index in [1.807, 2.05) is 31.2 Å². The average Bonchev–Trinajstić information content (AvgIpc) is 2.93. The zero-order chi connectivity index (χ0) is 23.1. The van der Waals surface area contributed by atoms with Gasteiger partial charge in [0, 0.05) is 16.8 Å². The van der Waals surface area contributed by atoms with Crippen molar-refractivity contribution < 1.29 is 19.1 Å². The molecule has 0 radical (unpaired) electrons. The number of carbonyl (C=O) groups excluding carboxylic acids is 2. The summed E-state index contributed by atoms with van der Waals surface area (Å²) < 4.78 is 10.4. The van der Waals surface area contributed by atoms with Gasteiger partial charge < -0.3 is 20.1 Å². The molecule has 0 bridgehead atoms. The Balaban J connectivity index is 1.74. The molecule has 0 saturated heterocycles. The van der Waals surface area contributed by atoms with Gasteiger partial charge in [-0.3, -0.25) is 9.59 Å². The van der Waals surface area contributed by atoms with Gasteiger partial charge in [0.1, 0.15) is 5.75 Å². The van der Waals surface area contributed by atoms with Crippen molar-refractivity contribution in [3.05, 3.63) is 58.8 Å². The number of ether oxygens (including phenoxy) is 2. The summed E-state index contributed by atoms with van der Waals surface area (Å²) in [6, 6.07) is 11.0. The van der Waals surface area contributed by atoms with E-state index >= 15 is 0 Å². The summed E-state index contributed by atoms with van der Waals surface area (Å²) in [5.41, 5.74) is 3.53. The summed E-state index contributed by atoms with van der Waals surface area (Å²) in [6.45, 7) is 3.93. The molecule has 168 valence electrons. The molecule has 1 heterocycles. The van der Waals surface area contributed by atoms with Gasteiger partial charge in [-0.15, -0.1) is 0 Å². The first kappa shape index (κ1) is 23.7. The second-order valence-corrected chi connectivity index (χ2v) is 8.28. The molecule has 1 aliphatic heterocycles. The molecule has 0 atom stereocenters. The second kappa shape index (κ2) is 11.1. The van der Waals surface area contributed by atoms with Crippen LogP contribution in [0.4, 0.5) is 17.1 Å². The quantitative estimate of drug-likeness (QED) is 0.529. The third-order valence-electron chi connectivity index (χ3n) is 4.47. The van der Waals surface area contributed by atoms with E-state index in [9.17, 15) is 9.59 Å². The molecule has 0 aliphatic carbocycles. The summed E-state index contributed by atoms with van der Waals surface area (Å²) in [5, 5.41) is 7.26. The van der Waals surface area contributed by atoms with Crippen LogP contribution in [0.15, 0.2) is 53.2 Å². The van der Waals surface area contributed by atoms with Gasteiger partial charge in [-0.25, -0.2) is 4.99 Å². The van der Waals surface area contributed by atoms with Crippen LogP contribution in [0.1, 0.15) is 18.9 Å². The van der Waals surface area contributed by atoms with Crippen LogP contribution in [-0.4, -0.2) is 36.4 Å². The Morgan fingerprint density at radius 2 is 2.03 bits per heavy atom. The van der Waals surface area contributed by atoms with Crippen LogP contribution in [0.5, 0.6) is 5.75 Å². The molecule has 0 spiro atoms. The second-order valence-electron chi connectivity index (χ2n) is 6.88. The summed E-state index contributed by atoms with van der Waals surface area (Å²) in [7, 11) is 1.52. The highest BCUT2D eigenvalue weighted by molar-refractivity contribution is 8.14. The molecule has 2 N–H and O–H groups in total. The van der Waals surface area contributed by atoms with Crippen molar-refractivity contribution in [1.82, 2.24) is 0 Å². The highest BCUT2D eigenvalue weighted by atomic mass is 35.5. The Bertz CT molecular complexity index is 1080. The number of hydrogen-bond acceptors (Lipinski definition) is 7. The summed E-state index contributed by atoms with van der Waals surface area (Å²) >= 11 is 7.40. The Hall–Kier alpha value is -2.97. The van der Waals surface area contributed by atoms with E-state index < -0.39 is 0 Å². The molecule has 1 amide bonds. The van der Waals surface area contributed by atoms with Crippen LogP contribution >= 0.6 is 23.4 Å². The van der Waals surface area contributed by atoms with Crippen molar-refractivity contribution in [2.24, 2.45) is 4.99 Å². The lowest BCUT2D eigenvalue weighted by atomic mass is 10.2. The van der Waals surface area contributed by atoms with Crippen LogP contribution in [0.3, 0.4) is 0 Å². The smallest absolute Gasteiger partial charge is 0.311 e. The molecule has 0 saturated carbocycles. The third kappa shape index (κ3) is 6.27. The van der Waals surface area contributed by atoms with Gasteiger partial charge in [0.25, 0.3) is 0 Å². The number of aliphatic imine (C=N–C) groups is 1. The number of carbonyl (C=O) groups is 2. The van der Waals surface area contributed by atoms with Gasteiger partial charge in [0.2, 0.25) is 5.91 Å². The average molecular weight is 474 g/mol. The van der Waals surface area contributed by atoms with E-state index in [0.29, 0.717) is 33.8 Å². The van der Waals surface area contributed by atoms with Crippen LogP contribution in [0.25, 0.3) is 0 Å². The molecule has 2 aromatic carbocycles. The van der Waals surface area contributed by atoms with E-state index in [-0.39, 0.29) is 24.1 Å². The fourth-order valence-electron chi connectivity index (χ4n) is 2.98. The minimum atomic E-state index is -0.335. The zero-order valence-corrected chi connectivity index (χ0v) is 19.6. The highest BCUT2D eigenvalue weighted by Crippen LogP contribution is 2.32. The van der Waals surface area contributed by atoms with Crippen molar-refractivity contribution in [3.8, 4) is 5.75 Å². The van der Waals surface area contributed by atoms with Gasteiger partial charge in [-0.05, 0) is 43.7 Å². The number of methoxy groups -OCH3 is 1. The van der Waals surface area contributed by atoms with Gasteiger partial charge in [-0.2, -0.15) is 0 Å². The molecular weight excluding hydrogens is 450 g/mol. The first-order chi connectivity index (χ1) is 15.4. The maximum absolute atomic E-state index is 12.6. The standard InChI is InChI=1S/C23H24ClN3O4S/c1-4-31-23(29)11-15-10-22(27-18-8-6-5-7-17(18)25-15)32-13-21(28)26-19-9-14(2)16(24)12-20(19)30-3/h5-10,12,25H,4,11,13H2,1-3H3,(H,26,28). The number of amides is 1. The lowest BCUT2D eigenvalue weighted by Crippen LogP contribution is -2.16. The summed E-state index contributed by atoms with van der Waals surface area (Å²) in [4.78, 5) is 29.2. The number of aryl methyl sites for hydroxylation is 1. The maximum atomic E-state index is 12.6. The Morgan fingerprint density at radius 1 is 1.25 bits per heavy atom. The van der Waals surface area contributed by atoms with E-state index in [2.05, 4.69) is 15.6 Å². The number of anilines is 2. The number of esters is 1. The fraction of sp³-hybridized carbons (Fsp3) is 0.261. The number of benzene rings is 2. The van der Waals surface area contributed by atoms with Gasteiger partial charge >= 0.3 is 5.97 Å². The lowest BCUT2D eigenvalue weighted by molar-refractivity contribution is -0.142. The number of halogens is 1. The molecule has 0 aromatic heterocycles. The van der Waals surface area contributed by atoms with Crippen molar-refractivity contribution in [2.45, 2.75) is 20.3 Å². The molecular formula is C23H24ClN3O4S. The van der Waals surface area contributed by atoms with Gasteiger partial charge in [0.05, 0.1) is 48.0 Å². The molecule has 3 rings (SSSR count). The summed E-state index contributed by atoms with van der Waals surface area (Å²) in [5.74, 6) is 0.0524. The van der Waals surface area contributed by atoms with E-state index in [4.69, 9.17) is 21.1 Å². The third-order valence-corrected chi connectivity index (χ3v) is 5.79. The molecule has 32 heavy (non-hydrogen) atoms. The van der Waals surface area contributed by atoms with Crippen LogP contribution in [0, 0.1) is 6.92 Å². The largest absolute Gasteiger partial charge is 0.495 e. The predicted molar refractivity (Wildman–Crippen MR) is 130 cm³/mol. The number of thioether (sulfide) groups is 1. The number of para-hydroxylation sites is 2. The van der Waals surface area contributed by atoms with Crippen molar-refractivity contribution in [2.75, 3.05) is 30.1 Å². The summed E-state index contributed by atoms with van der Waals surface area (Å²) in [6.07, 6.45) is 1.84. The Kier molecular flexibility index (Phi) is 8.19. The van der Waals surface area contributed by atoms with Crippen molar-refractivity contribution in [1.29, 1.82) is 0 Å². The van der Waals surface area contributed by atoms with E-state index in [1.54, 1.807) is 25.1 Å². The minimum Gasteiger partial charge on any atom is -0.495 e. The molecule has 0 unspecified atom stereocenters. The first-order valence-corrected chi connectivity index (χ1v) is 11.3. The zero-order valence-electron chi connectivity index (χ0n) is 18.0. The minimum absolute atomic E-state index is 0.0786. The molecule has 1 aliphatic rings. The Labute approximate surface area is 196 Å². The van der Waals surface area contributed by atoms with Crippen LogP contribution in [-0.2, 0) is 14.3 Å². The SMILES string of the molecule is CCOC(=O)CC1=CC(SCC(=O)Nc2cc(C)c(Cl)cc2OC)=Nc2ccccc2N1. The number of nitrogens with zero attached hydrogens (tertiary/aromatic N) is 1. The van der Waals surface area contributed by atoms with Crippen LogP contribution < -0.4 is 15.4 Å². The topological polar surface area (TPSA) is 89.0 Å². The van der Waals surface area contributed by atoms with Crippen molar-refractivity contribution >= 4 is 57.3 Å². The predicted octanol–water partition coefficient (Wildman–Crippen LogP) is 5.32. The van der Waals surface area contributed by atoms with Gasteiger partial charge in [0.15, 0.2) is 0 Å². The molecule has 9 heteroatoms. The highest BCUT2D eigenvalue weighted by Gasteiger charge is 2.16. The van der Waals surface area contributed by atoms with E-state index in [1.165, 1.54) is 18.9 Å². The first-order valence-electron chi connectivity index (χ1n) is 9.97. The normalized spacial score (nSPS) is 12.5. The molecule has 0 fully saturated rings. The maximum Gasteiger partial charge on any atom is 0.311 e.